The van der Waals surface area contributed by atoms with E-state index >= 15 is 0 Å². The van der Waals surface area contributed by atoms with E-state index in [1.807, 2.05) is 0 Å². The molecule has 0 radical (unpaired) electrons. The summed E-state index contributed by atoms with van der Waals surface area (Å²) >= 11 is 0. The summed E-state index contributed by atoms with van der Waals surface area (Å²) in [6, 6.07) is 0. The van der Waals surface area contributed by atoms with Crippen molar-refractivity contribution >= 4 is 11.9 Å². The van der Waals surface area contributed by atoms with Gasteiger partial charge < -0.3 is 9.47 Å². The molecule has 3 fully saturated rings. The maximum atomic E-state index is 12.6. The van der Waals surface area contributed by atoms with Gasteiger partial charge in [-0.2, -0.15) is 0 Å². The van der Waals surface area contributed by atoms with E-state index in [0.29, 0.717) is 23.7 Å². The molecule has 0 spiro atoms. The van der Waals surface area contributed by atoms with Crippen LogP contribution in [0.15, 0.2) is 0 Å². The third kappa shape index (κ3) is 2.77. The molecule has 5 atom stereocenters. The second kappa shape index (κ2) is 5.86. The van der Waals surface area contributed by atoms with Crippen LogP contribution in [0.1, 0.15) is 53.4 Å². The van der Waals surface area contributed by atoms with Crippen molar-refractivity contribution in [3.63, 3.8) is 0 Å². The quantitative estimate of drug-likeness (QED) is 0.707. The molecule has 1 saturated heterocycles. The summed E-state index contributed by atoms with van der Waals surface area (Å²) in [5, 5.41) is 0. The Morgan fingerprint density at radius 2 is 1.82 bits per heavy atom. The summed E-state index contributed by atoms with van der Waals surface area (Å²) in [6.45, 7) is 8.56. The zero-order valence-electron chi connectivity index (χ0n) is 14.1. The lowest BCUT2D eigenvalue weighted by Crippen LogP contribution is -2.38. The van der Waals surface area contributed by atoms with E-state index in [0.717, 1.165) is 25.7 Å². The van der Waals surface area contributed by atoms with Crippen molar-refractivity contribution in [1.29, 1.82) is 0 Å². The Hall–Kier alpha value is -1.06. The molecule has 124 valence electrons. The monoisotopic (exact) mass is 308 g/mol. The summed E-state index contributed by atoms with van der Waals surface area (Å²) in [4.78, 5) is 24.4. The van der Waals surface area contributed by atoms with Gasteiger partial charge in [-0.05, 0) is 37.5 Å². The van der Waals surface area contributed by atoms with Gasteiger partial charge in [0.15, 0.2) is 0 Å². The second-order valence-corrected chi connectivity index (χ2v) is 8.26. The fraction of sp³-hybridized carbons (Fsp3) is 0.889. The van der Waals surface area contributed by atoms with Gasteiger partial charge in [0.25, 0.3) is 0 Å². The first kappa shape index (κ1) is 15.8. The van der Waals surface area contributed by atoms with Gasteiger partial charge in [0.05, 0.1) is 11.8 Å². The van der Waals surface area contributed by atoms with Crippen molar-refractivity contribution in [3.8, 4) is 0 Å². The Labute approximate surface area is 132 Å². The maximum Gasteiger partial charge on any atom is 0.309 e. The highest BCUT2D eigenvalue weighted by Gasteiger charge is 2.63. The highest BCUT2D eigenvalue weighted by Crippen LogP contribution is 2.55. The van der Waals surface area contributed by atoms with Crippen LogP contribution in [0.5, 0.6) is 0 Å². The van der Waals surface area contributed by atoms with E-state index in [1.54, 1.807) is 0 Å². The summed E-state index contributed by atoms with van der Waals surface area (Å²) < 4.78 is 11.3. The molecule has 4 heteroatoms. The minimum absolute atomic E-state index is 0.0352. The fourth-order valence-electron chi connectivity index (χ4n) is 4.72. The first-order valence-electron chi connectivity index (χ1n) is 8.77. The van der Waals surface area contributed by atoms with Gasteiger partial charge in [0.2, 0.25) is 0 Å². The van der Waals surface area contributed by atoms with Crippen molar-refractivity contribution < 1.29 is 19.1 Å². The molecule has 0 aromatic heterocycles. The summed E-state index contributed by atoms with van der Waals surface area (Å²) in [5.74, 6) is 1.46. The first-order chi connectivity index (χ1) is 10.4. The highest BCUT2D eigenvalue weighted by atomic mass is 16.6. The van der Waals surface area contributed by atoms with Crippen LogP contribution in [0.3, 0.4) is 0 Å². The Morgan fingerprint density at radius 1 is 1.18 bits per heavy atom. The largest absolute Gasteiger partial charge is 0.458 e. The van der Waals surface area contributed by atoms with Crippen molar-refractivity contribution in [1.82, 2.24) is 0 Å². The van der Waals surface area contributed by atoms with E-state index < -0.39 is 0 Å². The van der Waals surface area contributed by atoms with Gasteiger partial charge in [0.1, 0.15) is 12.2 Å². The van der Waals surface area contributed by atoms with Crippen LogP contribution in [0.2, 0.25) is 0 Å². The molecule has 2 bridgehead atoms. The van der Waals surface area contributed by atoms with Crippen molar-refractivity contribution in [2.75, 3.05) is 0 Å². The Balaban J connectivity index is 1.64. The lowest BCUT2D eigenvalue weighted by atomic mass is 9.87. The average molecular weight is 308 g/mol. The van der Waals surface area contributed by atoms with Crippen LogP contribution < -0.4 is 0 Å². The molecule has 2 saturated carbocycles. The summed E-state index contributed by atoms with van der Waals surface area (Å²) in [6.07, 6.45) is 3.20. The number of hydrogen-bond donors (Lipinski definition) is 0. The standard InChI is InChI=1S/C18H28O4/c1-9(2)5-12(6-10(3)4)17(19)21-15-11-7-13-14(8-11)18(20)22-16(13)15/h9-16H,5-8H2,1-4H3. The topological polar surface area (TPSA) is 52.6 Å². The van der Waals surface area contributed by atoms with E-state index in [-0.39, 0.29) is 36.0 Å². The van der Waals surface area contributed by atoms with Crippen LogP contribution in [0.25, 0.3) is 0 Å². The predicted octanol–water partition coefficient (Wildman–Crippen LogP) is 3.19. The zero-order chi connectivity index (χ0) is 16.0. The SMILES string of the molecule is CC(C)CC(CC(C)C)C(=O)OC1C2CC3C(=O)OC1C3C2. The van der Waals surface area contributed by atoms with Crippen LogP contribution >= 0.6 is 0 Å². The van der Waals surface area contributed by atoms with Gasteiger partial charge in [-0.1, -0.05) is 27.7 Å². The van der Waals surface area contributed by atoms with E-state index in [4.69, 9.17) is 9.47 Å². The highest BCUT2D eigenvalue weighted by molar-refractivity contribution is 5.77. The van der Waals surface area contributed by atoms with E-state index in [9.17, 15) is 9.59 Å². The molecule has 4 nitrogen and oxygen atoms in total. The minimum Gasteiger partial charge on any atom is -0.458 e. The zero-order valence-corrected chi connectivity index (χ0v) is 14.1. The first-order valence-corrected chi connectivity index (χ1v) is 8.77. The summed E-state index contributed by atoms with van der Waals surface area (Å²) in [7, 11) is 0. The molecule has 3 rings (SSSR count). The van der Waals surface area contributed by atoms with Crippen LogP contribution in [0.4, 0.5) is 0 Å². The molecule has 0 N–H and O–H groups in total. The van der Waals surface area contributed by atoms with Crippen molar-refractivity contribution in [2.45, 2.75) is 65.6 Å². The average Bonchev–Trinajstić information content (AvgIpc) is 3.01. The molecule has 1 heterocycles. The van der Waals surface area contributed by atoms with E-state index in [1.165, 1.54) is 0 Å². The Bertz CT molecular complexity index is 446. The third-order valence-electron chi connectivity index (χ3n) is 5.51. The molecule has 0 amide bonds. The van der Waals surface area contributed by atoms with Crippen molar-refractivity contribution in [2.24, 2.45) is 35.5 Å². The molecule has 2 aliphatic carbocycles. The number of rotatable bonds is 6. The van der Waals surface area contributed by atoms with Crippen LogP contribution in [0, 0.1) is 35.5 Å². The number of ether oxygens (including phenoxy) is 2. The lowest BCUT2D eigenvalue weighted by molar-refractivity contribution is -0.166. The molecule has 3 aliphatic rings. The number of hydrogen-bond acceptors (Lipinski definition) is 4. The molecular weight excluding hydrogens is 280 g/mol. The Morgan fingerprint density at radius 3 is 2.41 bits per heavy atom. The fourth-order valence-corrected chi connectivity index (χ4v) is 4.72. The minimum atomic E-state index is -0.193. The van der Waals surface area contributed by atoms with Crippen LogP contribution in [-0.2, 0) is 19.1 Å². The van der Waals surface area contributed by atoms with Gasteiger partial charge in [-0.3, -0.25) is 9.59 Å². The van der Waals surface area contributed by atoms with Crippen LogP contribution in [-0.4, -0.2) is 24.1 Å². The predicted molar refractivity (Wildman–Crippen MR) is 81.9 cm³/mol. The normalized spacial score (nSPS) is 35.8. The maximum absolute atomic E-state index is 12.6. The molecule has 22 heavy (non-hydrogen) atoms. The second-order valence-electron chi connectivity index (χ2n) is 8.26. The summed E-state index contributed by atoms with van der Waals surface area (Å²) in [5.41, 5.74) is 0. The number of fused-ring (bicyclic) bond motifs is 1. The van der Waals surface area contributed by atoms with Crippen molar-refractivity contribution in [3.05, 3.63) is 0 Å². The molecule has 5 unspecified atom stereocenters. The van der Waals surface area contributed by atoms with Gasteiger partial charge >= 0.3 is 11.9 Å². The van der Waals surface area contributed by atoms with Gasteiger partial charge in [-0.15, -0.1) is 0 Å². The Kier molecular flexibility index (Phi) is 4.21. The van der Waals surface area contributed by atoms with Gasteiger partial charge in [0, 0.05) is 11.8 Å². The number of carbonyl (C=O) groups excluding carboxylic acids is 2. The number of carbonyl (C=O) groups is 2. The molecule has 0 aromatic rings. The number of esters is 2. The third-order valence-corrected chi connectivity index (χ3v) is 5.51. The molecular formula is C18H28O4. The lowest BCUT2D eigenvalue weighted by Gasteiger charge is -2.28. The molecule has 1 aliphatic heterocycles. The van der Waals surface area contributed by atoms with E-state index in [2.05, 4.69) is 27.7 Å². The smallest absolute Gasteiger partial charge is 0.309 e. The molecule has 0 aromatic carbocycles. The van der Waals surface area contributed by atoms with Gasteiger partial charge in [-0.25, -0.2) is 0 Å².